The molecule has 4 nitrogen and oxygen atoms in total. The van der Waals surface area contributed by atoms with Gasteiger partial charge in [-0.05, 0) is 18.6 Å². The summed E-state index contributed by atoms with van der Waals surface area (Å²) in [6.07, 6.45) is 4.40. The van der Waals surface area contributed by atoms with Gasteiger partial charge in [0.25, 0.3) is 0 Å². The van der Waals surface area contributed by atoms with E-state index in [9.17, 15) is 4.79 Å². The predicted molar refractivity (Wildman–Crippen MR) is 68.2 cm³/mol. The molecule has 0 aromatic carbocycles. The molecular weight excluding hydrogens is 249 g/mol. The van der Waals surface area contributed by atoms with Crippen LogP contribution in [0.2, 0.25) is 0 Å². The quantitative estimate of drug-likeness (QED) is 0.874. The van der Waals surface area contributed by atoms with E-state index >= 15 is 0 Å². The summed E-state index contributed by atoms with van der Waals surface area (Å²) in [7, 11) is 0. The van der Waals surface area contributed by atoms with Crippen molar-refractivity contribution in [2.75, 3.05) is 18.0 Å². The van der Waals surface area contributed by atoms with Crippen LogP contribution in [0.5, 0.6) is 0 Å². The van der Waals surface area contributed by atoms with Gasteiger partial charge in [-0.15, -0.1) is 24.8 Å². The first-order chi connectivity index (χ1) is 6.77. The zero-order valence-corrected chi connectivity index (χ0v) is 10.3. The lowest BCUT2D eigenvalue weighted by Crippen LogP contribution is -2.27. The minimum absolute atomic E-state index is 0. The maximum atomic E-state index is 11.0. The van der Waals surface area contributed by atoms with Gasteiger partial charge >= 0.3 is 0 Å². The Morgan fingerprint density at radius 1 is 1.50 bits per heavy atom. The monoisotopic (exact) mass is 263 g/mol. The average Bonchev–Trinajstić information content (AvgIpc) is 2.68. The first kappa shape index (κ1) is 15.0. The van der Waals surface area contributed by atoms with Gasteiger partial charge in [-0.3, -0.25) is 9.78 Å². The number of hydrogen-bond donors (Lipinski definition) is 1. The fourth-order valence-corrected chi connectivity index (χ4v) is 1.77. The van der Waals surface area contributed by atoms with E-state index in [1.165, 1.54) is 0 Å². The number of hydrogen-bond acceptors (Lipinski definition) is 3. The molecule has 1 aromatic rings. The maximum Gasteiger partial charge on any atom is 0.222 e. The normalized spacial score (nSPS) is 18.5. The molecule has 1 aliphatic heterocycles. The summed E-state index contributed by atoms with van der Waals surface area (Å²) in [4.78, 5) is 17.1. The summed E-state index contributed by atoms with van der Waals surface area (Å²) < 4.78 is 0. The van der Waals surface area contributed by atoms with Crippen molar-refractivity contribution in [1.82, 2.24) is 4.98 Å². The molecule has 6 heteroatoms. The molecule has 2 rings (SSSR count). The highest BCUT2D eigenvalue weighted by Crippen LogP contribution is 2.22. The number of carbonyl (C=O) groups is 1. The molecule has 90 valence electrons. The molecule has 1 fully saturated rings. The molecule has 1 aliphatic rings. The molecule has 1 unspecified atom stereocenters. The molecular formula is C10H15Cl2N3O. The Kier molecular flexibility index (Phi) is 6.14. The third-order valence-electron chi connectivity index (χ3n) is 2.60. The van der Waals surface area contributed by atoms with Gasteiger partial charge in [0.15, 0.2) is 0 Å². The molecule has 0 saturated carbocycles. The second kappa shape index (κ2) is 6.55. The SMILES string of the molecule is Cl.Cl.NC(=O)C1CCN(c2cccnc2)C1. The molecule has 0 spiro atoms. The molecule has 1 saturated heterocycles. The van der Waals surface area contributed by atoms with Crippen molar-refractivity contribution in [3.63, 3.8) is 0 Å². The summed E-state index contributed by atoms with van der Waals surface area (Å²) in [6, 6.07) is 3.89. The lowest BCUT2D eigenvalue weighted by atomic mass is 10.1. The van der Waals surface area contributed by atoms with Crippen LogP contribution in [0.4, 0.5) is 5.69 Å². The lowest BCUT2D eigenvalue weighted by molar-refractivity contribution is -0.121. The molecule has 1 atom stereocenters. The molecule has 0 aliphatic carbocycles. The van der Waals surface area contributed by atoms with Gasteiger partial charge in [0, 0.05) is 19.3 Å². The summed E-state index contributed by atoms with van der Waals surface area (Å²) in [5, 5.41) is 0. The maximum absolute atomic E-state index is 11.0. The van der Waals surface area contributed by atoms with E-state index in [1.807, 2.05) is 18.3 Å². The van der Waals surface area contributed by atoms with Crippen LogP contribution >= 0.6 is 24.8 Å². The second-order valence-corrected chi connectivity index (χ2v) is 3.55. The topological polar surface area (TPSA) is 59.2 Å². The van der Waals surface area contributed by atoms with E-state index in [0.29, 0.717) is 0 Å². The highest BCUT2D eigenvalue weighted by molar-refractivity contribution is 5.85. The van der Waals surface area contributed by atoms with Crippen LogP contribution in [-0.2, 0) is 4.79 Å². The van der Waals surface area contributed by atoms with Crippen LogP contribution in [0.25, 0.3) is 0 Å². The Labute approximate surface area is 107 Å². The minimum Gasteiger partial charge on any atom is -0.369 e. The number of amides is 1. The van der Waals surface area contributed by atoms with E-state index in [-0.39, 0.29) is 36.6 Å². The molecule has 2 N–H and O–H groups in total. The van der Waals surface area contributed by atoms with Gasteiger partial charge in [-0.2, -0.15) is 0 Å². The molecule has 2 heterocycles. The van der Waals surface area contributed by atoms with E-state index in [2.05, 4.69) is 9.88 Å². The molecule has 0 radical (unpaired) electrons. The number of carbonyl (C=O) groups excluding carboxylic acids is 1. The molecule has 16 heavy (non-hydrogen) atoms. The number of aromatic nitrogens is 1. The van der Waals surface area contributed by atoms with Gasteiger partial charge in [0.2, 0.25) is 5.91 Å². The summed E-state index contributed by atoms with van der Waals surface area (Å²) >= 11 is 0. The van der Waals surface area contributed by atoms with Crippen molar-refractivity contribution in [1.29, 1.82) is 0 Å². The highest BCUT2D eigenvalue weighted by atomic mass is 35.5. The van der Waals surface area contributed by atoms with Crippen LogP contribution in [0.15, 0.2) is 24.5 Å². The fraction of sp³-hybridized carbons (Fsp3) is 0.400. The molecule has 1 amide bonds. The van der Waals surface area contributed by atoms with E-state index in [4.69, 9.17) is 5.73 Å². The van der Waals surface area contributed by atoms with Crippen LogP contribution in [0.3, 0.4) is 0 Å². The molecule has 1 aromatic heterocycles. The Balaban J connectivity index is 0.00000112. The largest absolute Gasteiger partial charge is 0.369 e. The first-order valence-corrected chi connectivity index (χ1v) is 4.71. The summed E-state index contributed by atoms with van der Waals surface area (Å²) in [6.45, 7) is 1.61. The second-order valence-electron chi connectivity index (χ2n) is 3.55. The highest BCUT2D eigenvalue weighted by Gasteiger charge is 2.26. The Morgan fingerprint density at radius 2 is 2.25 bits per heavy atom. The number of halogens is 2. The van der Waals surface area contributed by atoms with E-state index in [0.717, 1.165) is 25.2 Å². The van der Waals surface area contributed by atoms with Crippen LogP contribution in [-0.4, -0.2) is 24.0 Å². The Morgan fingerprint density at radius 3 is 2.75 bits per heavy atom. The summed E-state index contributed by atoms with van der Waals surface area (Å²) in [5.74, 6) is -0.202. The Hall–Kier alpha value is -1.00. The Bertz CT molecular complexity index is 334. The van der Waals surface area contributed by atoms with Crippen LogP contribution in [0, 0.1) is 5.92 Å². The standard InChI is InChI=1S/C10H13N3O.2ClH/c11-10(14)8-3-5-13(7-8)9-2-1-4-12-6-9;;/h1-2,4,6,8H,3,5,7H2,(H2,11,14);2*1H. The third-order valence-corrected chi connectivity index (χ3v) is 2.60. The predicted octanol–water partition coefficient (Wildman–Crippen LogP) is 1.24. The van der Waals surface area contributed by atoms with Gasteiger partial charge < -0.3 is 10.6 Å². The van der Waals surface area contributed by atoms with E-state index in [1.54, 1.807) is 6.20 Å². The number of anilines is 1. The van der Waals surface area contributed by atoms with E-state index < -0.39 is 0 Å². The number of pyridine rings is 1. The minimum atomic E-state index is -0.198. The van der Waals surface area contributed by atoms with Crippen molar-refractivity contribution in [3.8, 4) is 0 Å². The summed E-state index contributed by atoms with van der Waals surface area (Å²) in [5.41, 5.74) is 6.32. The van der Waals surface area contributed by atoms with Gasteiger partial charge in [0.05, 0.1) is 17.8 Å². The number of nitrogens with zero attached hydrogens (tertiary/aromatic N) is 2. The van der Waals surface area contributed by atoms with Gasteiger partial charge in [-0.1, -0.05) is 0 Å². The van der Waals surface area contributed by atoms with Crippen molar-refractivity contribution >= 4 is 36.4 Å². The van der Waals surface area contributed by atoms with Crippen LogP contribution < -0.4 is 10.6 Å². The zero-order chi connectivity index (χ0) is 9.97. The number of nitrogens with two attached hydrogens (primary N) is 1. The van der Waals surface area contributed by atoms with Crippen LogP contribution in [0.1, 0.15) is 6.42 Å². The van der Waals surface area contributed by atoms with Crippen molar-refractivity contribution in [3.05, 3.63) is 24.5 Å². The van der Waals surface area contributed by atoms with Crippen molar-refractivity contribution in [2.24, 2.45) is 11.7 Å². The molecule has 0 bridgehead atoms. The lowest BCUT2D eigenvalue weighted by Gasteiger charge is -2.17. The van der Waals surface area contributed by atoms with Gasteiger partial charge in [0.1, 0.15) is 0 Å². The zero-order valence-electron chi connectivity index (χ0n) is 8.70. The number of rotatable bonds is 2. The third kappa shape index (κ3) is 3.25. The van der Waals surface area contributed by atoms with Crippen molar-refractivity contribution < 1.29 is 4.79 Å². The van der Waals surface area contributed by atoms with Crippen molar-refractivity contribution in [2.45, 2.75) is 6.42 Å². The van der Waals surface area contributed by atoms with Gasteiger partial charge in [-0.25, -0.2) is 0 Å². The number of primary amides is 1. The fourth-order valence-electron chi connectivity index (χ4n) is 1.77. The average molecular weight is 264 g/mol. The first-order valence-electron chi connectivity index (χ1n) is 4.71. The smallest absolute Gasteiger partial charge is 0.222 e.